The molecule has 2 fully saturated rings. The second-order valence-electron chi connectivity index (χ2n) is 6.78. The van der Waals surface area contributed by atoms with Crippen molar-refractivity contribution in [3.05, 3.63) is 70.7 Å². The minimum Gasteiger partial charge on any atom is -0.456 e. The summed E-state index contributed by atoms with van der Waals surface area (Å²) < 4.78 is 5.28. The van der Waals surface area contributed by atoms with Crippen molar-refractivity contribution in [3.63, 3.8) is 0 Å². The van der Waals surface area contributed by atoms with Crippen LogP contribution < -0.4 is 0 Å². The van der Waals surface area contributed by atoms with E-state index in [9.17, 15) is 14.4 Å². The van der Waals surface area contributed by atoms with Gasteiger partial charge in [-0.1, -0.05) is 41.9 Å². The van der Waals surface area contributed by atoms with Gasteiger partial charge in [-0.3, -0.25) is 9.59 Å². The quantitative estimate of drug-likeness (QED) is 0.551. The maximum atomic E-state index is 12.7. The van der Waals surface area contributed by atoms with E-state index in [4.69, 9.17) is 16.3 Å². The molecular weight excluding hydrogens is 398 g/mol. The summed E-state index contributed by atoms with van der Waals surface area (Å²) in [5, 5.41) is 0.529. The Morgan fingerprint density at radius 3 is 2.57 bits per heavy atom. The van der Waals surface area contributed by atoms with E-state index in [0.717, 1.165) is 5.56 Å². The number of halogens is 1. The normalized spacial score (nSPS) is 23.5. The number of Topliss-reactive ketones (excluding diaryl/α,β-unsaturated/α-hetero) is 1. The Bertz CT molecular complexity index is 918. The number of rotatable bonds is 5. The van der Waals surface area contributed by atoms with Gasteiger partial charge in [-0.05, 0) is 36.2 Å². The minimum absolute atomic E-state index is 0.0557. The largest absolute Gasteiger partial charge is 0.456 e. The molecule has 2 saturated heterocycles. The summed E-state index contributed by atoms with van der Waals surface area (Å²) in [6.07, 6.45) is 1.06. The van der Waals surface area contributed by atoms with E-state index < -0.39 is 16.9 Å². The van der Waals surface area contributed by atoms with Crippen LogP contribution in [0.15, 0.2) is 54.6 Å². The van der Waals surface area contributed by atoms with E-state index in [0.29, 0.717) is 29.2 Å². The highest BCUT2D eigenvalue weighted by molar-refractivity contribution is 8.00. The summed E-state index contributed by atoms with van der Waals surface area (Å²) in [7, 11) is 0. The fraction of sp³-hybridized carbons (Fsp3) is 0.286. The van der Waals surface area contributed by atoms with E-state index in [2.05, 4.69) is 0 Å². The van der Waals surface area contributed by atoms with Gasteiger partial charge in [0.1, 0.15) is 10.9 Å². The number of hydrogen-bond donors (Lipinski definition) is 0. The fourth-order valence-electron chi connectivity index (χ4n) is 3.77. The molecule has 0 spiro atoms. The molecule has 28 heavy (non-hydrogen) atoms. The number of ether oxygens (including phenoxy) is 1. The average molecular weight is 416 g/mol. The Hall–Kier alpha value is -2.31. The van der Waals surface area contributed by atoms with E-state index in [1.54, 1.807) is 40.9 Å². The van der Waals surface area contributed by atoms with Crippen molar-refractivity contribution in [1.82, 2.24) is 4.90 Å². The number of carbonyl (C=O) groups is 3. The lowest BCUT2D eigenvalue weighted by atomic mass is 10.0. The fourth-order valence-corrected chi connectivity index (χ4v) is 5.53. The molecule has 2 atom stereocenters. The molecule has 0 saturated carbocycles. The highest BCUT2D eigenvalue weighted by atomic mass is 35.5. The van der Waals surface area contributed by atoms with Crippen molar-refractivity contribution < 1.29 is 19.1 Å². The highest BCUT2D eigenvalue weighted by Crippen LogP contribution is 2.54. The van der Waals surface area contributed by atoms with Gasteiger partial charge in [0.2, 0.25) is 5.91 Å². The monoisotopic (exact) mass is 415 g/mol. The van der Waals surface area contributed by atoms with Gasteiger partial charge < -0.3 is 9.64 Å². The second kappa shape index (κ2) is 7.60. The third-order valence-electron chi connectivity index (χ3n) is 5.14. The van der Waals surface area contributed by atoms with Gasteiger partial charge in [-0.25, -0.2) is 4.79 Å². The first-order valence-electron chi connectivity index (χ1n) is 8.98. The number of amides is 1. The lowest BCUT2D eigenvalue weighted by Crippen LogP contribution is -2.47. The van der Waals surface area contributed by atoms with Crippen LogP contribution in [0.4, 0.5) is 0 Å². The lowest BCUT2D eigenvalue weighted by Gasteiger charge is -2.33. The topological polar surface area (TPSA) is 63.7 Å². The molecule has 2 heterocycles. The van der Waals surface area contributed by atoms with Crippen molar-refractivity contribution in [1.29, 1.82) is 0 Å². The van der Waals surface area contributed by atoms with Gasteiger partial charge in [-0.2, -0.15) is 0 Å². The lowest BCUT2D eigenvalue weighted by molar-refractivity contribution is -0.152. The third-order valence-corrected chi connectivity index (χ3v) is 6.98. The van der Waals surface area contributed by atoms with E-state index in [1.165, 1.54) is 0 Å². The number of benzene rings is 2. The molecule has 4 rings (SSSR count). The molecule has 0 N–H and O–H groups in total. The van der Waals surface area contributed by atoms with Crippen molar-refractivity contribution in [2.75, 3.05) is 12.4 Å². The van der Waals surface area contributed by atoms with Crippen LogP contribution in [0, 0.1) is 0 Å². The Morgan fingerprint density at radius 2 is 1.86 bits per heavy atom. The number of nitrogens with zero attached hydrogens (tertiary/aromatic N) is 1. The zero-order valence-corrected chi connectivity index (χ0v) is 16.5. The molecular formula is C21H18ClNO4S. The van der Waals surface area contributed by atoms with Crippen LogP contribution in [0.5, 0.6) is 0 Å². The molecule has 1 amide bonds. The van der Waals surface area contributed by atoms with Crippen LogP contribution in [-0.4, -0.2) is 41.0 Å². The van der Waals surface area contributed by atoms with Crippen molar-refractivity contribution in [2.45, 2.75) is 23.8 Å². The number of hydrogen-bond acceptors (Lipinski definition) is 5. The number of thioether (sulfide) groups is 1. The van der Waals surface area contributed by atoms with E-state index >= 15 is 0 Å². The van der Waals surface area contributed by atoms with Gasteiger partial charge in [0.25, 0.3) is 0 Å². The van der Waals surface area contributed by atoms with Crippen LogP contribution in [0.3, 0.4) is 0 Å². The highest BCUT2D eigenvalue weighted by Gasteiger charge is 2.57. The summed E-state index contributed by atoms with van der Waals surface area (Å²) >= 11 is 7.41. The molecule has 0 aliphatic carbocycles. The molecule has 2 aliphatic heterocycles. The van der Waals surface area contributed by atoms with Gasteiger partial charge in [-0.15, -0.1) is 11.8 Å². The molecule has 0 aromatic heterocycles. The molecule has 5 nitrogen and oxygen atoms in total. The molecule has 2 aromatic carbocycles. The SMILES string of the molecule is O=C(COC(=O)[C@@H]1CS[C@]2(c3ccccc3)CCC(=O)N12)c1ccc(Cl)cc1. The summed E-state index contributed by atoms with van der Waals surface area (Å²) in [4.78, 5) is 38.6. The summed E-state index contributed by atoms with van der Waals surface area (Å²) in [6, 6.07) is 15.5. The number of esters is 1. The summed E-state index contributed by atoms with van der Waals surface area (Å²) in [5.74, 6) is -0.449. The Morgan fingerprint density at radius 1 is 1.14 bits per heavy atom. The smallest absolute Gasteiger partial charge is 0.330 e. The van der Waals surface area contributed by atoms with Crippen LogP contribution >= 0.6 is 23.4 Å². The summed E-state index contributed by atoms with van der Waals surface area (Å²) in [5.41, 5.74) is 1.44. The number of carbonyl (C=O) groups excluding carboxylic acids is 3. The minimum atomic E-state index is -0.682. The maximum Gasteiger partial charge on any atom is 0.330 e. The molecule has 7 heteroatoms. The maximum absolute atomic E-state index is 12.7. The Labute approximate surface area is 172 Å². The van der Waals surface area contributed by atoms with Crippen molar-refractivity contribution in [2.24, 2.45) is 0 Å². The first kappa shape index (κ1) is 19.0. The zero-order chi connectivity index (χ0) is 19.7. The van der Waals surface area contributed by atoms with E-state index in [-0.39, 0.29) is 18.3 Å². The first-order valence-corrected chi connectivity index (χ1v) is 10.3. The Kier molecular flexibility index (Phi) is 5.17. The Balaban J connectivity index is 1.47. The van der Waals surface area contributed by atoms with Crippen molar-refractivity contribution >= 4 is 41.0 Å². The molecule has 0 radical (unpaired) electrons. The predicted octanol–water partition coefficient (Wildman–Crippen LogP) is 3.66. The molecule has 0 unspecified atom stereocenters. The molecule has 144 valence electrons. The standard InChI is InChI=1S/C21H18ClNO4S/c22-16-8-6-14(7-9-16)18(24)12-27-20(26)17-13-28-21(11-10-19(25)23(17)21)15-4-2-1-3-5-15/h1-9,17H,10-13H2/t17-,21-/m0/s1. The van der Waals surface area contributed by atoms with Crippen LogP contribution in [0.1, 0.15) is 28.8 Å². The average Bonchev–Trinajstić information content (AvgIpc) is 3.26. The van der Waals surface area contributed by atoms with Crippen LogP contribution in [0.2, 0.25) is 5.02 Å². The van der Waals surface area contributed by atoms with Gasteiger partial charge in [0.05, 0.1) is 0 Å². The number of fused-ring (bicyclic) bond motifs is 1. The van der Waals surface area contributed by atoms with E-state index in [1.807, 2.05) is 30.3 Å². The summed E-state index contributed by atoms with van der Waals surface area (Å²) in [6.45, 7) is -0.359. The molecule has 0 bridgehead atoms. The van der Waals surface area contributed by atoms with Gasteiger partial charge in [0, 0.05) is 22.8 Å². The predicted molar refractivity (Wildman–Crippen MR) is 107 cm³/mol. The molecule has 2 aromatic rings. The van der Waals surface area contributed by atoms with Crippen LogP contribution in [0.25, 0.3) is 0 Å². The van der Waals surface area contributed by atoms with Crippen molar-refractivity contribution in [3.8, 4) is 0 Å². The number of ketones is 1. The zero-order valence-electron chi connectivity index (χ0n) is 15.0. The first-order chi connectivity index (χ1) is 13.5. The van der Waals surface area contributed by atoms with Gasteiger partial charge >= 0.3 is 5.97 Å². The third kappa shape index (κ3) is 3.31. The molecule has 2 aliphatic rings. The second-order valence-corrected chi connectivity index (χ2v) is 8.51. The van der Waals surface area contributed by atoms with Crippen LogP contribution in [-0.2, 0) is 19.2 Å². The van der Waals surface area contributed by atoms with Gasteiger partial charge in [0.15, 0.2) is 12.4 Å².